The highest BCUT2D eigenvalue weighted by atomic mass is 16.6. The van der Waals surface area contributed by atoms with E-state index in [4.69, 9.17) is 4.74 Å². The lowest BCUT2D eigenvalue weighted by Crippen LogP contribution is -2.33. The second-order valence-corrected chi connectivity index (χ2v) is 5.24. The number of ether oxygens (including phenoxy) is 1. The van der Waals surface area contributed by atoms with Gasteiger partial charge in [-0.25, -0.2) is 14.8 Å². The normalized spacial score (nSPS) is 11.5. The molecule has 6 nitrogen and oxygen atoms in total. The summed E-state index contributed by atoms with van der Waals surface area (Å²) in [7, 11) is 0. The van der Waals surface area contributed by atoms with Crippen molar-refractivity contribution in [2.45, 2.75) is 32.8 Å². The average molecular weight is 262 g/mol. The number of fused-ring (bicyclic) bond motifs is 1. The van der Waals surface area contributed by atoms with Crippen molar-refractivity contribution in [2.24, 2.45) is 0 Å². The molecule has 2 aromatic heterocycles. The third-order valence-electron chi connectivity index (χ3n) is 2.33. The van der Waals surface area contributed by atoms with Crippen LogP contribution in [0.15, 0.2) is 24.7 Å². The van der Waals surface area contributed by atoms with Gasteiger partial charge in [-0.3, -0.25) is 4.40 Å². The molecule has 0 fully saturated rings. The van der Waals surface area contributed by atoms with Gasteiger partial charge in [-0.1, -0.05) is 0 Å². The van der Waals surface area contributed by atoms with E-state index in [1.54, 1.807) is 6.20 Å². The summed E-state index contributed by atoms with van der Waals surface area (Å²) in [5.74, 6) is 0.662. The van der Waals surface area contributed by atoms with Crippen molar-refractivity contribution in [3.8, 4) is 0 Å². The molecular formula is C13H18N4O2. The molecule has 1 N–H and O–H groups in total. The maximum absolute atomic E-state index is 11.4. The van der Waals surface area contributed by atoms with Crippen LogP contribution in [0.5, 0.6) is 0 Å². The summed E-state index contributed by atoms with van der Waals surface area (Å²) in [6.45, 7) is 5.99. The van der Waals surface area contributed by atoms with Crippen LogP contribution in [0.1, 0.15) is 26.5 Å². The second kappa shape index (κ2) is 5.26. The van der Waals surface area contributed by atoms with Crippen LogP contribution in [0.3, 0.4) is 0 Å². The minimum Gasteiger partial charge on any atom is -0.444 e. The van der Waals surface area contributed by atoms with E-state index >= 15 is 0 Å². The molecule has 0 spiro atoms. The van der Waals surface area contributed by atoms with Gasteiger partial charge in [-0.05, 0) is 26.8 Å². The van der Waals surface area contributed by atoms with E-state index in [0.717, 1.165) is 5.69 Å². The number of hydrogen-bond donors (Lipinski definition) is 1. The molecule has 1 amide bonds. The predicted octanol–water partition coefficient (Wildman–Crippen LogP) is 1.80. The van der Waals surface area contributed by atoms with Crippen LogP contribution < -0.4 is 5.32 Å². The molecule has 0 aliphatic carbocycles. The molecule has 102 valence electrons. The van der Waals surface area contributed by atoms with Crippen molar-refractivity contribution < 1.29 is 9.53 Å². The van der Waals surface area contributed by atoms with Gasteiger partial charge in [0.1, 0.15) is 5.60 Å². The van der Waals surface area contributed by atoms with Gasteiger partial charge in [0.05, 0.1) is 5.69 Å². The number of carbonyl (C=O) groups is 1. The highest BCUT2D eigenvalue weighted by Crippen LogP contribution is 2.06. The first-order valence-corrected chi connectivity index (χ1v) is 6.19. The molecule has 0 atom stereocenters. The predicted molar refractivity (Wildman–Crippen MR) is 70.9 cm³/mol. The summed E-state index contributed by atoms with van der Waals surface area (Å²) < 4.78 is 7.00. The standard InChI is InChI=1S/C13H18N4O2/c1-13(2,3)19-12(18)15-7-5-10-9-17-8-4-6-14-11(17)16-10/h4,6,8-9H,5,7H2,1-3H3,(H,15,18). The van der Waals surface area contributed by atoms with Crippen LogP contribution in [0.4, 0.5) is 4.79 Å². The number of rotatable bonds is 3. The van der Waals surface area contributed by atoms with Gasteiger partial charge in [-0.2, -0.15) is 0 Å². The van der Waals surface area contributed by atoms with E-state index in [1.165, 1.54) is 0 Å². The Morgan fingerprint density at radius 2 is 2.26 bits per heavy atom. The Morgan fingerprint density at radius 1 is 1.47 bits per heavy atom. The van der Waals surface area contributed by atoms with E-state index in [-0.39, 0.29) is 0 Å². The van der Waals surface area contributed by atoms with E-state index < -0.39 is 11.7 Å². The first-order chi connectivity index (χ1) is 8.94. The fraction of sp³-hybridized carbons (Fsp3) is 0.462. The summed E-state index contributed by atoms with van der Waals surface area (Å²) in [6.07, 6.45) is 5.72. The highest BCUT2D eigenvalue weighted by molar-refractivity contribution is 5.67. The van der Waals surface area contributed by atoms with Crippen LogP contribution in [0.2, 0.25) is 0 Å². The third kappa shape index (κ3) is 3.94. The van der Waals surface area contributed by atoms with Gasteiger partial charge in [-0.15, -0.1) is 0 Å². The van der Waals surface area contributed by atoms with Crippen molar-refractivity contribution >= 4 is 11.9 Å². The smallest absolute Gasteiger partial charge is 0.407 e. The summed E-state index contributed by atoms with van der Waals surface area (Å²) in [5.41, 5.74) is 0.409. The van der Waals surface area contributed by atoms with E-state index in [0.29, 0.717) is 18.7 Å². The Balaban J connectivity index is 1.84. The summed E-state index contributed by atoms with van der Waals surface area (Å²) in [5, 5.41) is 2.70. The molecule has 0 unspecified atom stereocenters. The zero-order valence-corrected chi connectivity index (χ0v) is 11.4. The zero-order valence-electron chi connectivity index (χ0n) is 11.4. The van der Waals surface area contributed by atoms with E-state index in [9.17, 15) is 4.79 Å². The van der Waals surface area contributed by atoms with Gasteiger partial charge in [0.2, 0.25) is 5.78 Å². The van der Waals surface area contributed by atoms with Gasteiger partial charge in [0.25, 0.3) is 0 Å². The van der Waals surface area contributed by atoms with Gasteiger partial charge in [0.15, 0.2) is 0 Å². The fourth-order valence-electron chi connectivity index (χ4n) is 1.61. The fourth-order valence-corrected chi connectivity index (χ4v) is 1.61. The Hall–Kier alpha value is -2.11. The minimum atomic E-state index is -0.475. The van der Waals surface area contributed by atoms with Crippen molar-refractivity contribution in [2.75, 3.05) is 6.54 Å². The lowest BCUT2D eigenvalue weighted by atomic mass is 10.2. The van der Waals surface area contributed by atoms with Crippen LogP contribution in [0.25, 0.3) is 5.78 Å². The quantitative estimate of drug-likeness (QED) is 0.915. The van der Waals surface area contributed by atoms with Crippen molar-refractivity contribution in [1.82, 2.24) is 19.7 Å². The molecule has 0 aliphatic heterocycles. The second-order valence-electron chi connectivity index (χ2n) is 5.24. The maximum atomic E-state index is 11.4. The van der Waals surface area contributed by atoms with Crippen molar-refractivity contribution in [3.63, 3.8) is 0 Å². The molecular weight excluding hydrogens is 244 g/mol. The van der Waals surface area contributed by atoms with E-state index in [2.05, 4.69) is 15.3 Å². The molecule has 2 heterocycles. The SMILES string of the molecule is CC(C)(C)OC(=O)NCCc1cn2cccnc2n1. The molecule has 0 aromatic carbocycles. The average Bonchev–Trinajstić information content (AvgIpc) is 2.68. The third-order valence-corrected chi connectivity index (χ3v) is 2.33. The summed E-state index contributed by atoms with van der Waals surface area (Å²) in [6, 6.07) is 1.84. The Kier molecular flexibility index (Phi) is 3.69. The molecule has 0 saturated heterocycles. The van der Waals surface area contributed by atoms with Crippen LogP contribution >= 0.6 is 0 Å². The Labute approximate surface area is 111 Å². The largest absolute Gasteiger partial charge is 0.444 e. The first-order valence-electron chi connectivity index (χ1n) is 6.19. The number of carbonyl (C=O) groups excluding carboxylic acids is 1. The van der Waals surface area contributed by atoms with Crippen LogP contribution in [0, 0.1) is 0 Å². The molecule has 0 saturated carbocycles. The lowest BCUT2D eigenvalue weighted by molar-refractivity contribution is 0.0528. The zero-order chi connectivity index (χ0) is 13.9. The molecule has 0 aliphatic rings. The maximum Gasteiger partial charge on any atom is 0.407 e. The summed E-state index contributed by atoms with van der Waals surface area (Å²) in [4.78, 5) is 19.9. The van der Waals surface area contributed by atoms with Crippen LogP contribution in [-0.2, 0) is 11.2 Å². The number of nitrogens with zero attached hydrogens (tertiary/aromatic N) is 3. The molecule has 0 bridgehead atoms. The van der Waals surface area contributed by atoms with Crippen molar-refractivity contribution in [1.29, 1.82) is 0 Å². The van der Waals surface area contributed by atoms with Gasteiger partial charge in [0, 0.05) is 31.6 Å². The van der Waals surface area contributed by atoms with Crippen molar-refractivity contribution in [3.05, 3.63) is 30.4 Å². The number of imidazole rings is 1. The topological polar surface area (TPSA) is 68.5 Å². The first kappa shape index (κ1) is 13.3. The molecule has 2 rings (SSSR count). The van der Waals surface area contributed by atoms with E-state index in [1.807, 2.05) is 43.6 Å². The number of aromatic nitrogens is 3. The lowest BCUT2D eigenvalue weighted by Gasteiger charge is -2.19. The number of amides is 1. The molecule has 19 heavy (non-hydrogen) atoms. The minimum absolute atomic E-state index is 0.408. The molecule has 6 heteroatoms. The van der Waals surface area contributed by atoms with Crippen LogP contribution in [-0.4, -0.2) is 32.6 Å². The highest BCUT2D eigenvalue weighted by Gasteiger charge is 2.15. The Morgan fingerprint density at radius 3 is 2.95 bits per heavy atom. The molecule has 0 radical (unpaired) electrons. The monoisotopic (exact) mass is 262 g/mol. The van der Waals surface area contributed by atoms with Gasteiger partial charge < -0.3 is 10.1 Å². The number of hydrogen-bond acceptors (Lipinski definition) is 4. The van der Waals surface area contributed by atoms with Gasteiger partial charge >= 0.3 is 6.09 Å². The Bertz CT molecular complexity index is 538. The summed E-state index contributed by atoms with van der Waals surface area (Å²) >= 11 is 0. The molecule has 2 aromatic rings. The number of alkyl carbamates (subject to hydrolysis) is 1. The number of nitrogens with one attached hydrogen (secondary N) is 1.